The molecule has 3 aliphatic heterocycles. The summed E-state index contributed by atoms with van der Waals surface area (Å²) < 4.78 is 14.4. The van der Waals surface area contributed by atoms with Crippen molar-refractivity contribution in [2.75, 3.05) is 18.5 Å². The van der Waals surface area contributed by atoms with E-state index in [1.807, 2.05) is 4.90 Å². The first kappa shape index (κ1) is 15.1. The molecule has 4 rings (SSSR count). The lowest BCUT2D eigenvalue weighted by Gasteiger charge is -2.53. The van der Waals surface area contributed by atoms with E-state index in [1.54, 1.807) is 12.1 Å². The third kappa shape index (κ3) is 1.78. The summed E-state index contributed by atoms with van der Waals surface area (Å²) in [7, 11) is 1.38. The number of amides is 4. The van der Waals surface area contributed by atoms with E-state index in [2.05, 4.69) is 5.32 Å². The van der Waals surface area contributed by atoms with E-state index in [4.69, 9.17) is 0 Å². The van der Waals surface area contributed by atoms with Crippen molar-refractivity contribution in [1.29, 1.82) is 0 Å². The number of anilines is 1. The minimum Gasteiger partial charge on any atom is -0.364 e. The molecule has 2 saturated heterocycles. The van der Waals surface area contributed by atoms with E-state index < -0.39 is 29.3 Å². The van der Waals surface area contributed by atoms with Gasteiger partial charge in [0.15, 0.2) is 5.41 Å². The standard InChI is InChI=1S/C17H18FN3O3/c1-20-15(23)17(14(22)19-16(20)24)9-10-5-4-6-11(18)13(10)21-8-3-2-7-12(17)21/h4-6,12H,2-3,7-9H2,1H3,(H,19,22,24)/t12-,17+/m0/s1. The van der Waals surface area contributed by atoms with Crippen LogP contribution in [0.25, 0.3) is 0 Å². The van der Waals surface area contributed by atoms with Gasteiger partial charge < -0.3 is 4.90 Å². The minimum absolute atomic E-state index is 0.115. The number of urea groups is 1. The van der Waals surface area contributed by atoms with Gasteiger partial charge in [-0.1, -0.05) is 12.1 Å². The molecule has 2 fully saturated rings. The van der Waals surface area contributed by atoms with Crippen molar-refractivity contribution in [3.05, 3.63) is 29.6 Å². The summed E-state index contributed by atoms with van der Waals surface area (Å²) in [5.41, 5.74) is -0.239. The number of piperidine rings is 1. The Balaban J connectivity index is 1.92. The lowest BCUT2D eigenvalue weighted by atomic mass is 9.66. The van der Waals surface area contributed by atoms with Crippen LogP contribution in [0.2, 0.25) is 0 Å². The molecule has 6 nitrogen and oxygen atoms in total. The summed E-state index contributed by atoms with van der Waals surface area (Å²) in [5.74, 6) is -1.40. The third-order valence-corrected chi connectivity index (χ3v) is 5.52. The number of hydrogen-bond acceptors (Lipinski definition) is 4. The summed E-state index contributed by atoms with van der Waals surface area (Å²) >= 11 is 0. The average molecular weight is 331 g/mol. The number of nitrogens with zero attached hydrogens (tertiary/aromatic N) is 2. The Morgan fingerprint density at radius 2 is 2.04 bits per heavy atom. The van der Waals surface area contributed by atoms with Crippen LogP contribution in [0, 0.1) is 11.2 Å². The highest BCUT2D eigenvalue weighted by atomic mass is 19.1. The normalized spacial score (nSPS) is 29.4. The van der Waals surface area contributed by atoms with Crippen LogP contribution in [0.5, 0.6) is 0 Å². The molecule has 0 radical (unpaired) electrons. The van der Waals surface area contributed by atoms with Gasteiger partial charge in [-0.3, -0.25) is 19.8 Å². The Kier molecular flexibility index (Phi) is 3.16. The van der Waals surface area contributed by atoms with E-state index in [0.29, 0.717) is 24.2 Å². The highest BCUT2D eigenvalue weighted by Crippen LogP contribution is 2.48. The van der Waals surface area contributed by atoms with Gasteiger partial charge in [-0.05, 0) is 37.3 Å². The monoisotopic (exact) mass is 331 g/mol. The fourth-order valence-corrected chi connectivity index (χ4v) is 4.38. The van der Waals surface area contributed by atoms with E-state index in [0.717, 1.165) is 17.7 Å². The number of carbonyl (C=O) groups excluding carboxylic acids is 3. The molecule has 126 valence electrons. The van der Waals surface area contributed by atoms with Gasteiger partial charge in [-0.25, -0.2) is 9.18 Å². The molecule has 0 bridgehead atoms. The van der Waals surface area contributed by atoms with Crippen molar-refractivity contribution in [2.24, 2.45) is 5.41 Å². The van der Waals surface area contributed by atoms with Crippen LogP contribution < -0.4 is 10.2 Å². The highest BCUT2D eigenvalue weighted by molar-refractivity contribution is 6.20. The first-order valence-corrected chi connectivity index (χ1v) is 8.14. The average Bonchev–Trinajstić information content (AvgIpc) is 2.58. The molecule has 2 atom stereocenters. The van der Waals surface area contributed by atoms with Gasteiger partial charge in [0.1, 0.15) is 5.82 Å². The third-order valence-electron chi connectivity index (χ3n) is 5.52. The quantitative estimate of drug-likeness (QED) is 0.730. The Bertz CT molecular complexity index is 765. The first-order valence-electron chi connectivity index (χ1n) is 8.14. The maximum Gasteiger partial charge on any atom is 0.330 e. The topological polar surface area (TPSA) is 69.7 Å². The predicted molar refractivity (Wildman–Crippen MR) is 83.8 cm³/mol. The molecule has 3 heterocycles. The van der Waals surface area contributed by atoms with Gasteiger partial charge in [-0.15, -0.1) is 0 Å². The van der Waals surface area contributed by atoms with Crippen LogP contribution in [-0.4, -0.2) is 42.4 Å². The Morgan fingerprint density at radius 3 is 2.83 bits per heavy atom. The minimum atomic E-state index is -1.37. The predicted octanol–water partition coefficient (Wildman–Crippen LogP) is 1.44. The number of imide groups is 2. The summed E-state index contributed by atoms with van der Waals surface area (Å²) in [4.78, 5) is 40.4. The van der Waals surface area contributed by atoms with Crippen molar-refractivity contribution in [3.8, 4) is 0 Å². The molecule has 0 aliphatic carbocycles. The summed E-state index contributed by atoms with van der Waals surface area (Å²) in [6, 6.07) is 3.61. The van der Waals surface area contributed by atoms with E-state index in [1.165, 1.54) is 13.1 Å². The second-order valence-corrected chi connectivity index (χ2v) is 6.72. The number of rotatable bonds is 0. The van der Waals surface area contributed by atoms with Crippen LogP contribution in [0.4, 0.5) is 14.9 Å². The zero-order valence-corrected chi connectivity index (χ0v) is 13.3. The second kappa shape index (κ2) is 5.03. The molecule has 1 aromatic carbocycles. The molecule has 0 aromatic heterocycles. The van der Waals surface area contributed by atoms with Gasteiger partial charge >= 0.3 is 6.03 Å². The lowest BCUT2D eigenvalue weighted by molar-refractivity contribution is -0.153. The van der Waals surface area contributed by atoms with Crippen LogP contribution in [-0.2, 0) is 16.0 Å². The van der Waals surface area contributed by atoms with E-state index >= 15 is 0 Å². The van der Waals surface area contributed by atoms with Gasteiger partial charge in [-0.2, -0.15) is 0 Å². The summed E-state index contributed by atoms with van der Waals surface area (Å²) in [6.07, 6.45) is 2.48. The number of halogens is 1. The lowest BCUT2D eigenvalue weighted by Crippen LogP contribution is -2.72. The van der Waals surface area contributed by atoms with Crippen LogP contribution >= 0.6 is 0 Å². The smallest absolute Gasteiger partial charge is 0.330 e. The van der Waals surface area contributed by atoms with Gasteiger partial charge in [0.2, 0.25) is 11.8 Å². The Hall–Kier alpha value is -2.44. The molecule has 1 N–H and O–H groups in total. The van der Waals surface area contributed by atoms with E-state index in [-0.39, 0.29) is 12.2 Å². The number of benzene rings is 1. The number of hydrogen-bond donors (Lipinski definition) is 1. The number of para-hydroxylation sites is 1. The highest BCUT2D eigenvalue weighted by Gasteiger charge is 2.61. The van der Waals surface area contributed by atoms with Gasteiger partial charge in [0.25, 0.3) is 0 Å². The zero-order chi connectivity index (χ0) is 17.1. The number of nitrogens with one attached hydrogen (secondary N) is 1. The molecule has 1 spiro atoms. The molecular weight excluding hydrogens is 313 g/mol. The van der Waals surface area contributed by atoms with E-state index in [9.17, 15) is 18.8 Å². The fraction of sp³-hybridized carbons (Fsp3) is 0.471. The Labute approximate surface area is 138 Å². The first-order chi connectivity index (χ1) is 11.5. The zero-order valence-electron chi connectivity index (χ0n) is 13.3. The maximum atomic E-state index is 14.4. The SMILES string of the molecule is CN1C(=O)NC(=O)[C@]2(Cc3cccc(F)c3N3CCCC[C@H]32)C1=O. The second-order valence-electron chi connectivity index (χ2n) is 6.72. The van der Waals surface area contributed by atoms with Crippen LogP contribution in [0.1, 0.15) is 24.8 Å². The number of fused-ring (bicyclic) bond motifs is 4. The number of barbiturate groups is 1. The molecule has 0 saturated carbocycles. The van der Waals surface area contributed by atoms with Crippen molar-refractivity contribution in [3.63, 3.8) is 0 Å². The molecule has 1 aromatic rings. The van der Waals surface area contributed by atoms with Gasteiger partial charge in [0, 0.05) is 13.6 Å². The summed E-state index contributed by atoms with van der Waals surface area (Å²) in [6.45, 7) is 0.596. The van der Waals surface area contributed by atoms with Gasteiger partial charge in [0.05, 0.1) is 11.7 Å². The van der Waals surface area contributed by atoms with Crippen LogP contribution in [0.3, 0.4) is 0 Å². The largest absolute Gasteiger partial charge is 0.364 e. The molecule has 24 heavy (non-hydrogen) atoms. The molecule has 0 unspecified atom stereocenters. The van der Waals surface area contributed by atoms with Crippen LogP contribution in [0.15, 0.2) is 18.2 Å². The fourth-order valence-electron chi connectivity index (χ4n) is 4.38. The van der Waals surface area contributed by atoms with Crippen molar-refractivity contribution >= 4 is 23.5 Å². The number of carbonyl (C=O) groups is 3. The molecular formula is C17H18FN3O3. The summed E-state index contributed by atoms with van der Waals surface area (Å²) in [5, 5.41) is 2.31. The molecule has 7 heteroatoms. The Morgan fingerprint density at radius 1 is 1.25 bits per heavy atom. The molecule has 3 aliphatic rings. The van der Waals surface area contributed by atoms with Crippen molar-refractivity contribution in [1.82, 2.24) is 10.2 Å². The van der Waals surface area contributed by atoms with Crippen molar-refractivity contribution in [2.45, 2.75) is 31.7 Å². The molecule has 4 amide bonds. The van der Waals surface area contributed by atoms with Crippen molar-refractivity contribution < 1.29 is 18.8 Å². The maximum absolute atomic E-state index is 14.4.